The maximum atomic E-state index is 12.5. The Bertz CT molecular complexity index is 707. The molecule has 7 nitrogen and oxygen atoms in total. The van der Waals surface area contributed by atoms with E-state index in [9.17, 15) is 4.79 Å². The third-order valence-electron chi connectivity index (χ3n) is 5.22. The Morgan fingerprint density at radius 3 is 2.85 bits per heavy atom. The molecule has 0 saturated carbocycles. The van der Waals surface area contributed by atoms with E-state index in [1.54, 1.807) is 10.8 Å². The van der Waals surface area contributed by atoms with E-state index in [1.165, 1.54) is 25.7 Å². The van der Waals surface area contributed by atoms with Crippen molar-refractivity contribution in [2.45, 2.75) is 64.8 Å². The van der Waals surface area contributed by atoms with Crippen LogP contribution in [0.4, 0.5) is 5.82 Å². The molecule has 0 aliphatic carbocycles. The van der Waals surface area contributed by atoms with Crippen LogP contribution in [0.2, 0.25) is 0 Å². The summed E-state index contributed by atoms with van der Waals surface area (Å²) < 4.78 is 1.69. The summed E-state index contributed by atoms with van der Waals surface area (Å²) in [6, 6.07) is 4.17. The van der Waals surface area contributed by atoms with Gasteiger partial charge in [-0.05, 0) is 38.3 Å². The fourth-order valence-corrected chi connectivity index (χ4v) is 3.57. The summed E-state index contributed by atoms with van der Waals surface area (Å²) in [5, 5.41) is 15.6. The van der Waals surface area contributed by atoms with Gasteiger partial charge in [-0.3, -0.25) is 4.79 Å². The Morgan fingerprint density at radius 2 is 2.08 bits per heavy atom. The van der Waals surface area contributed by atoms with E-state index >= 15 is 0 Å². The number of fused-ring (bicyclic) bond motifs is 1. The van der Waals surface area contributed by atoms with Crippen molar-refractivity contribution in [1.29, 1.82) is 0 Å². The van der Waals surface area contributed by atoms with E-state index in [2.05, 4.69) is 39.4 Å². The zero-order valence-electron chi connectivity index (χ0n) is 15.9. The molecule has 3 heterocycles. The van der Waals surface area contributed by atoms with Gasteiger partial charge in [-0.2, -0.15) is 4.52 Å². The third-order valence-corrected chi connectivity index (χ3v) is 5.22. The fraction of sp³-hybridized carbons (Fsp3) is 0.684. The second-order valence-electron chi connectivity index (χ2n) is 7.35. The lowest BCUT2D eigenvalue weighted by Crippen LogP contribution is -2.43. The van der Waals surface area contributed by atoms with Crippen molar-refractivity contribution in [1.82, 2.24) is 25.1 Å². The van der Waals surface area contributed by atoms with Gasteiger partial charge >= 0.3 is 0 Å². The van der Waals surface area contributed by atoms with Gasteiger partial charge in [-0.25, -0.2) is 0 Å². The van der Waals surface area contributed by atoms with Crippen molar-refractivity contribution in [3.05, 3.63) is 18.5 Å². The third kappa shape index (κ3) is 4.71. The highest BCUT2D eigenvalue weighted by molar-refractivity contribution is 5.79. The van der Waals surface area contributed by atoms with E-state index in [4.69, 9.17) is 0 Å². The highest BCUT2D eigenvalue weighted by Crippen LogP contribution is 2.22. The van der Waals surface area contributed by atoms with Crippen LogP contribution in [-0.2, 0) is 4.79 Å². The van der Waals surface area contributed by atoms with E-state index in [0.717, 1.165) is 43.8 Å². The monoisotopic (exact) mass is 358 g/mol. The molecule has 1 amide bonds. The standard InChI is InChI=1S/C19H30N6O/c1-3-4-5-6-7-15(2)21-19(26)16-10-12-24(13-11-16)18-9-8-17-22-20-14-25(17)23-18/h8-9,14-16H,3-7,10-13H2,1-2H3,(H,21,26). The Hall–Kier alpha value is -2.18. The van der Waals surface area contributed by atoms with Crippen LogP contribution in [0.5, 0.6) is 0 Å². The molecule has 2 aromatic heterocycles. The predicted molar refractivity (Wildman–Crippen MR) is 102 cm³/mol. The van der Waals surface area contributed by atoms with Crippen LogP contribution < -0.4 is 10.2 Å². The number of amides is 1. The van der Waals surface area contributed by atoms with Crippen molar-refractivity contribution >= 4 is 17.4 Å². The molecule has 142 valence electrons. The Kier molecular flexibility index (Phi) is 6.41. The maximum Gasteiger partial charge on any atom is 0.223 e. The molecule has 7 heteroatoms. The number of aromatic nitrogens is 4. The van der Waals surface area contributed by atoms with Gasteiger partial charge in [0, 0.05) is 25.0 Å². The van der Waals surface area contributed by atoms with Gasteiger partial charge in [-0.1, -0.05) is 32.6 Å². The largest absolute Gasteiger partial charge is 0.355 e. The number of hydrogen-bond acceptors (Lipinski definition) is 5. The van der Waals surface area contributed by atoms with Gasteiger partial charge in [0.1, 0.15) is 12.1 Å². The van der Waals surface area contributed by atoms with E-state index in [1.807, 2.05) is 12.1 Å². The first kappa shape index (κ1) is 18.6. The van der Waals surface area contributed by atoms with Crippen LogP contribution in [0.15, 0.2) is 18.5 Å². The second kappa shape index (κ2) is 8.96. The first-order valence-electron chi connectivity index (χ1n) is 9.89. The van der Waals surface area contributed by atoms with Crippen molar-refractivity contribution in [3.8, 4) is 0 Å². The van der Waals surface area contributed by atoms with Gasteiger partial charge in [-0.15, -0.1) is 15.3 Å². The minimum atomic E-state index is 0.114. The number of nitrogens with one attached hydrogen (secondary N) is 1. The fourth-order valence-electron chi connectivity index (χ4n) is 3.57. The molecular weight excluding hydrogens is 328 g/mol. The van der Waals surface area contributed by atoms with E-state index in [-0.39, 0.29) is 17.9 Å². The molecule has 1 N–H and O–H groups in total. The molecule has 1 fully saturated rings. The molecule has 1 aliphatic heterocycles. The summed E-state index contributed by atoms with van der Waals surface area (Å²) in [4.78, 5) is 14.7. The molecule has 1 atom stereocenters. The lowest BCUT2D eigenvalue weighted by atomic mass is 9.95. The smallest absolute Gasteiger partial charge is 0.223 e. The van der Waals surface area contributed by atoms with Crippen molar-refractivity contribution in [2.24, 2.45) is 5.92 Å². The number of unbranched alkanes of at least 4 members (excludes halogenated alkanes) is 3. The minimum Gasteiger partial charge on any atom is -0.355 e. The number of hydrogen-bond donors (Lipinski definition) is 1. The van der Waals surface area contributed by atoms with Gasteiger partial charge in [0.05, 0.1) is 0 Å². The van der Waals surface area contributed by atoms with Crippen LogP contribution in [0.1, 0.15) is 58.8 Å². The number of rotatable bonds is 8. The zero-order chi connectivity index (χ0) is 18.4. The number of piperidine rings is 1. The summed E-state index contributed by atoms with van der Waals surface area (Å²) in [6.45, 7) is 6.04. The molecule has 1 saturated heterocycles. The maximum absolute atomic E-state index is 12.5. The Balaban J connectivity index is 1.44. The van der Waals surface area contributed by atoms with Crippen LogP contribution in [0, 0.1) is 5.92 Å². The first-order chi connectivity index (χ1) is 12.7. The number of anilines is 1. The van der Waals surface area contributed by atoms with Gasteiger partial charge in [0.2, 0.25) is 5.91 Å². The summed E-state index contributed by atoms with van der Waals surface area (Å²) >= 11 is 0. The van der Waals surface area contributed by atoms with Crippen molar-refractivity contribution < 1.29 is 4.79 Å². The molecule has 1 unspecified atom stereocenters. The molecule has 0 spiro atoms. The molecule has 26 heavy (non-hydrogen) atoms. The van der Waals surface area contributed by atoms with E-state index in [0.29, 0.717) is 0 Å². The Morgan fingerprint density at radius 1 is 1.27 bits per heavy atom. The van der Waals surface area contributed by atoms with Gasteiger partial charge in [0.25, 0.3) is 0 Å². The lowest BCUT2D eigenvalue weighted by Gasteiger charge is -2.32. The summed E-state index contributed by atoms with van der Waals surface area (Å²) in [7, 11) is 0. The average Bonchev–Trinajstić information content (AvgIpc) is 3.13. The quantitative estimate of drug-likeness (QED) is 0.735. The number of nitrogens with zero attached hydrogens (tertiary/aromatic N) is 5. The summed E-state index contributed by atoms with van der Waals surface area (Å²) in [5.74, 6) is 1.25. The molecule has 1 aliphatic rings. The molecular formula is C19H30N6O. The summed E-state index contributed by atoms with van der Waals surface area (Å²) in [5.41, 5.74) is 0.746. The highest BCUT2D eigenvalue weighted by Gasteiger charge is 2.26. The molecule has 0 bridgehead atoms. The van der Waals surface area contributed by atoms with Gasteiger partial charge in [0.15, 0.2) is 5.65 Å². The van der Waals surface area contributed by atoms with E-state index < -0.39 is 0 Å². The van der Waals surface area contributed by atoms with Crippen LogP contribution in [0.3, 0.4) is 0 Å². The zero-order valence-corrected chi connectivity index (χ0v) is 15.9. The predicted octanol–water partition coefficient (Wildman–Crippen LogP) is 2.82. The Labute approximate surface area is 155 Å². The van der Waals surface area contributed by atoms with Crippen molar-refractivity contribution in [2.75, 3.05) is 18.0 Å². The van der Waals surface area contributed by atoms with Gasteiger partial charge < -0.3 is 10.2 Å². The normalized spacial score (nSPS) is 16.8. The van der Waals surface area contributed by atoms with Crippen LogP contribution in [-0.4, -0.2) is 44.8 Å². The van der Waals surface area contributed by atoms with Crippen LogP contribution >= 0.6 is 0 Å². The average molecular weight is 358 g/mol. The molecule has 0 radical (unpaired) electrons. The van der Waals surface area contributed by atoms with Crippen LogP contribution in [0.25, 0.3) is 5.65 Å². The number of carbonyl (C=O) groups excluding carboxylic acids is 1. The number of carbonyl (C=O) groups is 1. The molecule has 2 aromatic rings. The molecule has 0 aromatic carbocycles. The summed E-state index contributed by atoms with van der Waals surface area (Å²) in [6.07, 6.45) is 9.43. The molecule has 3 rings (SSSR count). The second-order valence-corrected chi connectivity index (χ2v) is 7.35. The topological polar surface area (TPSA) is 75.4 Å². The minimum absolute atomic E-state index is 0.114. The van der Waals surface area contributed by atoms with Crippen molar-refractivity contribution in [3.63, 3.8) is 0 Å². The SMILES string of the molecule is CCCCCCC(C)NC(=O)C1CCN(c2ccc3nncn3n2)CC1. The first-order valence-corrected chi connectivity index (χ1v) is 9.89. The highest BCUT2D eigenvalue weighted by atomic mass is 16.1. The lowest BCUT2D eigenvalue weighted by molar-refractivity contribution is -0.126.